The summed E-state index contributed by atoms with van der Waals surface area (Å²) < 4.78 is 0.950. The number of rotatable bonds is 5. The number of primary amides is 1. The van der Waals surface area contributed by atoms with Crippen LogP contribution < -0.4 is 11.4 Å². The number of hydrogen-bond donors (Lipinski definition) is 2. The molecule has 2 aromatic rings. The molecule has 2 aliphatic rings. The minimum absolute atomic E-state index is 0.0524. The molecule has 8 heteroatoms. The van der Waals surface area contributed by atoms with Crippen molar-refractivity contribution in [3.8, 4) is 0 Å². The van der Waals surface area contributed by atoms with Crippen LogP contribution in [0.5, 0.6) is 0 Å². The first-order valence-corrected chi connectivity index (χ1v) is 11.4. The highest BCUT2D eigenvalue weighted by Gasteiger charge is 2.27. The van der Waals surface area contributed by atoms with Crippen LogP contribution in [0, 0.1) is 6.42 Å². The molecule has 167 valence electrons. The molecule has 1 radical (unpaired) electrons. The van der Waals surface area contributed by atoms with Crippen molar-refractivity contribution in [1.82, 2.24) is 19.4 Å². The van der Waals surface area contributed by atoms with Crippen molar-refractivity contribution in [3.05, 3.63) is 40.2 Å². The Morgan fingerprint density at radius 1 is 1.13 bits per heavy atom. The molecule has 1 aromatic carbocycles. The number of aromatic nitrogens is 2. The molecule has 0 atom stereocenters. The van der Waals surface area contributed by atoms with Crippen molar-refractivity contribution < 1.29 is 9.59 Å². The number of aryl methyl sites for hydroxylation is 1. The first kappa shape index (κ1) is 21.6. The number of carbonyl (C=O) groups is 2. The largest absolute Gasteiger partial charge is 0.351 e. The highest BCUT2D eigenvalue weighted by molar-refractivity contribution is 5.90. The van der Waals surface area contributed by atoms with Gasteiger partial charge in [0.2, 0.25) is 5.91 Å². The van der Waals surface area contributed by atoms with Crippen molar-refractivity contribution in [2.75, 3.05) is 26.2 Å². The van der Waals surface area contributed by atoms with E-state index < -0.39 is 11.7 Å². The number of carbonyl (C=O) groups excluding carboxylic acids is 2. The normalized spacial score (nSPS) is 18.5. The molecule has 3 heterocycles. The standard InChI is InChI=1S/C23H32N5O3/c1-2-17-14-16(15-19-21(17)25-23(31)28(19)22(24)30)6-7-20(29)27-12-8-18(9-13-27)26-10-4-3-5-11-26/h7,14-15,18H,2-6,8-13H2,1H3,(H2,24,30)(H,25,31). The number of fused-ring (bicyclic) bond motifs is 1. The van der Waals surface area contributed by atoms with Crippen LogP contribution in [0.1, 0.15) is 50.2 Å². The number of H-pyrrole nitrogens is 1. The van der Waals surface area contributed by atoms with E-state index in [1.807, 2.05) is 17.9 Å². The molecule has 1 aromatic heterocycles. The summed E-state index contributed by atoms with van der Waals surface area (Å²) >= 11 is 0. The molecular formula is C23H32N5O3. The number of aromatic amines is 1. The van der Waals surface area contributed by atoms with Gasteiger partial charge in [-0.05, 0) is 68.8 Å². The second kappa shape index (κ2) is 9.26. The summed E-state index contributed by atoms with van der Waals surface area (Å²) in [5.41, 5.74) is 7.75. The summed E-state index contributed by atoms with van der Waals surface area (Å²) in [4.78, 5) is 43.9. The lowest BCUT2D eigenvalue weighted by molar-refractivity contribution is -0.129. The maximum Gasteiger partial charge on any atom is 0.334 e. The maximum absolute atomic E-state index is 12.8. The Bertz CT molecular complexity index is 1010. The monoisotopic (exact) mass is 426 g/mol. The van der Waals surface area contributed by atoms with E-state index in [9.17, 15) is 14.4 Å². The number of nitrogens with zero attached hydrogens (tertiary/aromatic N) is 3. The summed E-state index contributed by atoms with van der Waals surface area (Å²) in [6.07, 6.45) is 8.86. The van der Waals surface area contributed by atoms with E-state index in [1.165, 1.54) is 32.4 Å². The van der Waals surface area contributed by atoms with Gasteiger partial charge in [0.15, 0.2) is 0 Å². The molecule has 8 nitrogen and oxygen atoms in total. The van der Waals surface area contributed by atoms with E-state index in [0.717, 1.165) is 41.6 Å². The van der Waals surface area contributed by atoms with Crippen molar-refractivity contribution in [1.29, 1.82) is 0 Å². The zero-order valence-corrected chi connectivity index (χ0v) is 18.2. The fourth-order valence-corrected chi connectivity index (χ4v) is 5.03. The molecule has 0 unspecified atom stereocenters. The van der Waals surface area contributed by atoms with Gasteiger partial charge in [-0.1, -0.05) is 19.4 Å². The van der Waals surface area contributed by atoms with Gasteiger partial charge in [-0.2, -0.15) is 0 Å². The number of hydrogen-bond acceptors (Lipinski definition) is 4. The predicted molar refractivity (Wildman–Crippen MR) is 120 cm³/mol. The molecule has 0 saturated carbocycles. The molecular weight excluding hydrogens is 394 g/mol. The fourth-order valence-electron chi connectivity index (χ4n) is 5.03. The van der Waals surface area contributed by atoms with Crippen LogP contribution >= 0.6 is 0 Å². The average Bonchev–Trinajstić information content (AvgIpc) is 3.13. The Morgan fingerprint density at radius 2 is 1.84 bits per heavy atom. The number of nitrogens with two attached hydrogens (primary N) is 1. The van der Waals surface area contributed by atoms with Crippen LogP contribution in [0.15, 0.2) is 16.9 Å². The van der Waals surface area contributed by atoms with Gasteiger partial charge < -0.3 is 20.5 Å². The lowest BCUT2D eigenvalue weighted by Crippen LogP contribution is -2.48. The van der Waals surface area contributed by atoms with Gasteiger partial charge in [-0.15, -0.1) is 0 Å². The van der Waals surface area contributed by atoms with Crippen molar-refractivity contribution in [2.45, 2.75) is 57.9 Å². The van der Waals surface area contributed by atoms with Crippen molar-refractivity contribution in [3.63, 3.8) is 0 Å². The SMILES string of the molecule is CCc1cc(C[CH]C(=O)N2CCC(N3CCCCC3)CC2)cc2c1[nH]c(=O)n2C(N)=O. The highest BCUT2D eigenvalue weighted by Crippen LogP contribution is 2.23. The molecule has 0 spiro atoms. The minimum atomic E-state index is -0.813. The fraction of sp³-hybridized carbons (Fsp3) is 0.565. The van der Waals surface area contributed by atoms with Crippen LogP contribution in [0.4, 0.5) is 4.79 Å². The molecule has 2 aliphatic heterocycles. The van der Waals surface area contributed by atoms with E-state index in [-0.39, 0.29) is 5.91 Å². The van der Waals surface area contributed by atoms with E-state index in [2.05, 4.69) is 9.88 Å². The van der Waals surface area contributed by atoms with Crippen LogP contribution in [0.25, 0.3) is 11.0 Å². The number of imidazole rings is 1. The van der Waals surface area contributed by atoms with Gasteiger partial charge in [0.05, 0.1) is 17.5 Å². The Labute approximate surface area is 182 Å². The van der Waals surface area contributed by atoms with Crippen LogP contribution in [-0.2, 0) is 17.6 Å². The minimum Gasteiger partial charge on any atom is -0.351 e. The first-order valence-electron chi connectivity index (χ1n) is 11.4. The zero-order valence-electron chi connectivity index (χ0n) is 18.2. The molecule has 2 fully saturated rings. The quantitative estimate of drug-likeness (QED) is 0.763. The smallest absolute Gasteiger partial charge is 0.334 e. The Morgan fingerprint density at radius 3 is 2.48 bits per heavy atom. The Balaban J connectivity index is 1.40. The van der Waals surface area contributed by atoms with Crippen LogP contribution in [0.2, 0.25) is 0 Å². The van der Waals surface area contributed by atoms with Crippen molar-refractivity contribution in [2.24, 2.45) is 5.73 Å². The van der Waals surface area contributed by atoms with E-state index >= 15 is 0 Å². The zero-order chi connectivity index (χ0) is 22.0. The topological polar surface area (TPSA) is 104 Å². The second-order valence-corrected chi connectivity index (χ2v) is 8.67. The van der Waals surface area contributed by atoms with E-state index in [4.69, 9.17) is 5.73 Å². The number of piperidine rings is 2. The number of likely N-dealkylation sites (tertiary alicyclic amines) is 2. The third-order valence-electron chi connectivity index (χ3n) is 6.73. The van der Waals surface area contributed by atoms with E-state index in [1.54, 1.807) is 12.5 Å². The van der Waals surface area contributed by atoms with Gasteiger partial charge >= 0.3 is 11.7 Å². The molecule has 31 heavy (non-hydrogen) atoms. The van der Waals surface area contributed by atoms with Crippen LogP contribution in [0.3, 0.4) is 0 Å². The Hall–Kier alpha value is -2.61. The summed E-state index contributed by atoms with van der Waals surface area (Å²) in [5.74, 6) is 0.0524. The van der Waals surface area contributed by atoms with Gasteiger partial charge in [-0.25, -0.2) is 14.2 Å². The van der Waals surface area contributed by atoms with Crippen molar-refractivity contribution >= 4 is 23.0 Å². The summed E-state index contributed by atoms with van der Waals surface area (Å²) in [6.45, 7) is 5.98. The molecule has 4 rings (SSSR count). The lowest BCUT2D eigenvalue weighted by atomic mass is 9.99. The average molecular weight is 427 g/mol. The molecule has 0 aliphatic carbocycles. The van der Waals surface area contributed by atoms with Gasteiger partial charge in [-0.3, -0.25) is 4.79 Å². The highest BCUT2D eigenvalue weighted by atomic mass is 16.2. The summed E-state index contributed by atoms with van der Waals surface area (Å²) in [7, 11) is 0. The van der Waals surface area contributed by atoms with Gasteiger partial charge in [0, 0.05) is 19.1 Å². The first-order chi connectivity index (χ1) is 15.0. The van der Waals surface area contributed by atoms with Gasteiger partial charge in [0.25, 0.3) is 0 Å². The summed E-state index contributed by atoms with van der Waals surface area (Å²) in [5, 5.41) is 0. The predicted octanol–water partition coefficient (Wildman–Crippen LogP) is 2.04. The van der Waals surface area contributed by atoms with E-state index in [0.29, 0.717) is 29.9 Å². The molecule has 0 bridgehead atoms. The maximum atomic E-state index is 12.8. The second-order valence-electron chi connectivity index (χ2n) is 8.67. The Kier molecular flexibility index (Phi) is 6.46. The molecule has 2 amide bonds. The molecule has 2 saturated heterocycles. The number of benzene rings is 1. The third kappa shape index (κ3) is 4.54. The van der Waals surface area contributed by atoms with Crippen LogP contribution in [-0.4, -0.2) is 63.5 Å². The molecule has 3 N–H and O–H groups in total. The number of amides is 2. The third-order valence-corrected chi connectivity index (χ3v) is 6.73. The summed E-state index contributed by atoms with van der Waals surface area (Å²) in [6, 6.07) is 3.55. The lowest BCUT2D eigenvalue weighted by Gasteiger charge is -2.40. The number of nitrogens with one attached hydrogen (secondary N) is 1. The van der Waals surface area contributed by atoms with Gasteiger partial charge in [0.1, 0.15) is 0 Å².